The largest absolute Gasteiger partial charge is 0.417 e. The Hall–Kier alpha value is -1.30. The second kappa shape index (κ2) is 4.91. The monoisotopic (exact) mass is 307 g/mol. The third-order valence-corrected chi connectivity index (χ3v) is 2.61. The van der Waals surface area contributed by atoms with Crippen molar-refractivity contribution in [1.82, 2.24) is 0 Å². The van der Waals surface area contributed by atoms with E-state index in [1.807, 2.05) is 0 Å². The molecule has 0 spiro atoms. The topological polar surface area (TPSA) is 29.1 Å². The van der Waals surface area contributed by atoms with Crippen molar-refractivity contribution < 1.29 is 18.0 Å². The molecule has 6 heteroatoms. The molecule has 92 valence electrons. The van der Waals surface area contributed by atoms with Crippen LogP contribution in [0.4, 0.5) is 18.9 Å². The highest BCUT2D eigenvalue weighted by molar-refractivity contribution is 9.10. The number of carbonyl (C=O) groups is 1. The van der Waals surface area contributed by atoms with Crippen LogP contribution in [0, 0.1) is 0 Å². The molecule has 0 atom stereocenters. The lowest BCUT2D eigenvalue weighted by atomic mass is 10.2. The summed E-state index contributed by atoms with van der Waals surface area (Å²) in [7, 11) is 0. The van der Waals surface area contributed by atoms with Gasteiger partial charge in [0.2, 0.25) is 0 Å². The molecule has 2 nitrogen and oxygen atoms in total. The molecular weight excluding hydrogens is 299 g/mol. The quantitative estimate of drug-likeness (QED) is 0.823. The van der Waals surface area contributed by atoms with Gasteiger partial charge in [-0.3, -0.25) is 4.79 Å². The van der Waals surface area contributed by atoms with Crippen LogP contribution in [0.15, 0.2) is 34.8 Å². The van der Waals surface area contributed by atoms with Gasteiger partial charge in [-0.1, -0.05) is 22.5 Å². The van der Waals surface area contributed by atoms with Gasteiger partial charge in [0.1, 0.15) is 0 Å². The van der Waals surface area contributed by atoms with Crippen LogP contribution in [0.1, 0.15) is 12.5 Å². The first-order valence-corrected chi connectivity index (χ1v) is 5.34. The first kappa shape index (κ1) is 13.8. The number of hydrogen-bond donors (Lipinski definition) is 1. The lowest BCUT2D eigenvalue weighted by Gasteiger charge is -2.11. The van der Waals surface area contributed by atoms with E-state index < -0.39 is 17.6 Å². The van der Waals surface area contributed by atoms with Crippen molar-refractivity contribution >= 4 is 27.5 Å². The minimum absolute atomic E-state index is 0.0710. The standard InChI is InChI=1S/C11H9BrF3NO/c1-6(2)10(17)16-7-3-4-9(12)8(5-7)11(13,14)15/h3-5H,1H2,2H3,(H,16,17). The Morgan fingerprint density at radius 1 is 1.41 bits per heavy atom. The van der Waals surface area contributed by atoms with Gasteiger partial charge in [0, 0.05) is 15.7 Å². The molecule has 0 aliphatic heterocycles. The van der Waals surface area contributed by atoms with E-state index in [0.29, 0.717) is 0 Å². The van der Waals surface area contributed by atoms with Crippen LogP contribution in [0.2, 0.25) is 0 Å². The Balaban J connectivity index is 3.05. The molecule has 0 aliphatic carbocycles. The fourth-order valence-electron chi connectivity index (χ4n) is 1.06. The molecule has 0 fully saturated rings. The molecule has 0 saturated heterocycles. The van der Waals surface area contributed by atoms with Crippen LogP contribution in [0.5, 0.6) is 0 Å². The molecule has 1 rings (SSSR count). The number of alkyl halides is 3. The molecule has 0 unspecified atom stereocenters. The van der Waals surface area contributed by atoms with Gasteiger partial charge in [0.15, 0.2) is 0 Å². The van der Waals surface area contributed by atoms with Crippen LogP contribution in [-0.4, -0.2) is 5.91 Å². The van der Waals surface area contributed by atoms with Crippen LogP contribution in [0.3, 0.4) is 0 Å². The molecule has 0 bridgehead atoms. The number of nitrogens with one attached hydrogen (secondary N) is 1. The van der Waals surface area contributed by atoms with E-state index >= 15 is 0 Å². The van der Waals surface area contributed by atoms with Gasteiger partial charge < -0.3 is 5.32 Å². The maximum absolute atomic E-state index is 12.6. The zero-order valence-electron chi connectivity index (χ0n) is 8.86. The van der Waals surface area contributed by atoms with Crippen molar-refractivity contribution in [3.8, 4) is 0 Å². The highest BCUT2D eigenvalue weighted by Gasteiger charge is 2.33. The molecule has 1 N–H and O–H groups in total. The number of carbonyl (C=O) groups excluding carboxylic acids is 1. The average molecular weight is 308 g/mol. The third-order valence-electron chi connectivity index (χ3n) is 1.92. The van der Waals surface area contributed by atoms with E-state index in [1.165, 1.54) is 19.1 Å². The lowest BCUT2D eigenvalue weighted by molar-refractivity contribution is -0.138. The maximum atomic E-state index is 12.6. The second-order valence-corrected chi connectivity index (χ2v) is 4.28. The predicted octanol–water partition coefficient (Wildman–Crippen LogP) is 3.98. The van der Waals surface area contributed by atoms with Crippen molar-refractivity contribution in [2.45, 2.75) is 13.1 Å². The fourth-order valence-corrected chi connectivity index (χ4v) is 1.53. The summed E-state index contributed by atoms with van der Waals surface area (Å²) in [5, 5.41) is 2.32. The smallest absolute Gasteiger partial charge is 0.322 e. The summed E-state index contributed by atoms with van der Waals surface area (Å²) < 4.78 is 37.6. The third kappa shape index (κ3) is 3.59. The predicted molar refractivity (Wildman–Crippen MR) is 62.6 cm³/mol. The molecule has 17 heavy (non-hydrogen) atoms. The summed E-state index contributed by atoms with van der Waals surface area (Å²) in [6, 6.07) is 3.47. The van der Waals surface area contributed by atoms with Gasteiger partial charge in [-0.15, -0.1) is 0 Å². The molecular formula is C11H9BrF3NO. The van der Waals surface area contributed by atoms with E-state index in [4.69, 9.17) is 0 Å². The highest BCUT2D eigenvalue weighted by atomic mass is 79.9. The van der Waals surface area contributed by atoms with Gasteiger partial charge in [0.25, 0.3) is 5.91 Å². The fraction of sp³-hybridized carbons (Fsp3) is 0.182. The van der Waals surface area contributed by atoms with Crippen molar-refractivity contribution in [3.05, 3.63) is 40.4 Å². The van der Waals surface area contributed by atoms with Crippen LogP contribution < -0.4 is 5.32 Å². The Morgan fingerprint density at radius 3 is 2.47 bits per heavy atom. The zero-order valence-corrected chi connectivity index (χ0v) is 10.4. The average Bonchev–Trinajstić information content (AvgIpc) is 2.19. The summed E-state index contributed by atoms with van der Waals surface area (Å²) in [4.78, 5) is 11.3. The Labute approximate surface area is 105 Å². The number of benzene rings is 1. The number of amides is 1. The normalized spacial score (nSPS) is 11.1. The van der Waals surface area contributed by atoms with Gasteiger partial charge in [-0.05, 0) is 25.1 Å². The van der Waals surface area contributed by atoms with Gasteiger partial charge >= 0.3 is 6.18 Å². The first-order chi connectivity index (χ1) is 7.71. The van der Waals surface area contributed by atoms with Crippen LogP contribution in [-0.2, 0) is 11.0 Å². The molecule has 0 aromatic heterocycles. The lowest BCUT2D eigenvalue weighted by Crippen LogP contribution is -2.13. The van der Waals surface area contributed by atoms with Crippen LogP contribution >= 0.6 is 15.9 Å². The number of hydrogen-bond acceptors (Lipinski definition) is 1. The molecule has 1 amide bonds. The van der Waals surface area contributed by atoms with Crippen molar-refractivity contribution in [2.75, 3.05) is 5.32 Å². The van der Waals surface area contributed by atoms with E-state index in [0.717, 1.165) is 6.07 Å². The number of anilines is 1. The van der Waals surface area contributed by atoms with Crippen molar-refractivity contribution in [2.24, 2.45) is 0 Å². The van der Waals surface area contributed by atoms with E-state index in [9.17, 15) is 18.0 Å². The Kier molecular flexibility index (Phi) is 3.98. The molecule has 0 saturated carbocycles. The molecule has 1 aromatic carbocycles. The number of rotatable bonds is 2. The minimum Gasteiger partial charge on any atom is -0.322 e. The summed E-state index contributed by atoms with van der Waals surface area (Å²) in [5.74, 6) is -0.513. The van der Waals surface area contributed by atoms with Crippen molar-refractivity contribution in [1.29, 1.82) is 0 Å². The molecule has 0 heterocycles. The molecule has 0 aliphatic rings. The Bertz CT molecular complexity index is 468. The number of halogens is 4. The van der Waals surface area contributed by atoms with E-state index in [1.54, 1.807) is 0 Å². The SMILES string of the molecule is C=C(C)C(=O)Nc1ccc(Br)c(C(F)(F)F)c1. The highest BCUT2D eigenvalue weighted by Crippen LogP contribution is 2.36. The second-order valence-electron chi connectivity index (χ2n) is 3.43. The Morgan fingerprint density at radius 2 is 2.00 bits per heavy atom. The van der Waals surface area contributed by atoms with Gasteiger partial charge in [-0.25, -0.2) is 0 Å². The summed E-state index contributed by atoms with van der Waals surface area (Å²) >= 11 is 2.81. The maximum Gasteiger partial charge on any atom is 0.417 e. The van der Waals surface area contributed by atoms with Crippen molar-refractivity contribution in [3.63, 3.8) is 0 Å². The molecule has 1 aromatic rings. The van der Waals surface area contributed by atoms with Gasteiger partial charge in [0.05, 0.1) is 5.56 Å². The zero-order chi connectivity index (χ0) is 13.2. The summed E-state index contributed by atoms with van der Waals surface area (Å²) in [6.07, 6.45) is -4.47. The van der Waals surface area contributed by atoms with Gasteiger partial charge in [-0.2, -0.15) is 13.2 Å². The summed E-state index contributed by atoms with van der Waals surface area (Å²) in [5.41, 5.74) is -0.535. The van der Waals surface area contributed by atoms with E-state index in [2.05, 4.69) is 27.8 Å². The van der Waals surface area contributed by atoms with E-state index in [-0.39, 0.29) is 15.7 Å². The summed E-state index contributed by atoms with van der Waals surface area (Å²) in [6.45, 7) is 4.87. The minimum atomic E-state index is -4.47. The van der Waals surface area contributed by atoms with Crippen LogP contribution in [0.25, 0.3) is 0 Å². The molecule has 0 radical (unpaired) electrons. The first-order valence-electron chi connectivity index (χ1n) is 4.55.